The molecule has 0 bridgehead atoms. The molecule has 0 fully saturated rings. The highest BCUT2D eigenvalue weighted by molar-refractivity contribution is 5.90. The van der Waals surface area contributed by atoms with Crippen LogP contribution >= 0.6 is 0 Å². The first-order valence-corrected chi connectivity index (χ1v) is 11.3. The van der Waals surface area contributed by atoms with E-state index in [1.165, 1.54) is 11.0 Å². The van der Waals surface area contributed by atoms with Crippen LogP contribution in [0.25, 0.3) is 33.7 Å². The number of aromatic nitrogens is 2. The van der Waals surface area contributed by atoms with E-state index in [2.05, 4.69) is 95.2 Å². The molecule has 0 spiro atoms. The molecule has 0 saturated heterocycles. The van der Waals surface area contributed by atoms with Crippen molar-refractivity contribution in [2.75, 3.05) is 0 Å². The van der Waals surface area contributed by atoms with Crippen LogP contribution < -0.4 is 5.73 Å². The minimum absolute atomic E-state index is 0.767. The maximum Gasteiger partial charge on any atom is 0.0899 e. The van der Waals surface area contributed by atoms with E-state index >= 15 is 0 Å². The molecule has 0 aliphatic rings. The molecule has 3 nitrogen and oxygen atoms in total. The predicted molar refractivity (Wildman–Crippen MR) is 139 cm³/mol. The smallest absolute Gasteiger partial charge is 0.0899 e. The van der Waals surface area contributed by atoms with Crippen LogP contribution in [-0.4, -0.2) is 9.36 Å². The van der Waals surface area contributed by atoms with Crippen molar-refractivity contribution < 1.29 is 0 Å². The van der Waals surface area contributed by atoms with Crippen LogP contribution in [0.1, 0.15) is 24.5 Å². The number of para-hydroxylation sites is 2. The molecule has 33 heavy (non-hydrogen) atoms. The van der Waals surface area contributed by atoms with Crippen molar-refractivity contribution in [3.8, 4) is 11.4 Å². The highest BCUT2D eigenvalue weighted by atomic mass is 15.4. The quantitative estimate of drug-likeness (QED) is 0.284. The van der Waals surface area contributed by atoms with Crippen LogP contribution in [0.5, 0.6) is 0 Å². The average Bonchev–Trinajstić information content (AvgIpc) is 2.86. The predicted octanol–water partition coefficient (Wildman–Crippen LogP) is 7.21. The van der Waals surface area contributed by atoms with Gasteiger partial charge in [0.2, 0.25) is 0 Å². The average molecular weight is 430 g/mol. The standard InChI is InChI=1S/C30H27N3/c1-2-12-24(21-28(31)23-13-6-3-7-14-23)25-19-20-29-30(22-25)33(27-17-10-5-11-18-27)32(29)26-15-8-4-9-16-26/h3-22H,2,31H2,1H3/b24-12+,28-21-. The monoisotopic (exact) mass is 429 g/mol. The van der Waals surface area contributed by atoms with Gasteiger partial charge in [0.15, 0.2) is 0 Å². The van der Waals surface area contributed by atoms with Gasteiger partial charge in [0.25, 0.3) is 0 Å². The zero-order chi connectivity index (χ0) is 22.6. The number of nitrogens with zero attached hydrogens (tertiary/aromatic N) is 2. The van der Waals surface area contributed by atoms with Gasteiger partial charge in [-0.3, -0.25) is 0 Å². The van der Waals surface area contributed by atoms with Gasteiger partial charge in [-0.1, -0.05) is 85.8 Å². The third-order valence-corrected chi connectivity index (χ3v) is 5.81. The fourth-order valence-corrected chi connectivity index (χ4v) is 4.23. The van der Waals surface area contributed by atoms with Crippen LogP contribution in [0, 0.1) is 0 Å². The lowest BCUT2D eigenvalue weighted by atomic mass is 10.0. The molecule has 5 aromatic rings. The number of benzene rings is 4. The first-order valence-electron chi connectivity index (χ1n) is 11.3. The summed E-state index contributed by atoms with van der Waals surface area (Å²) in [4.78, 5) is 0. The topological polar surface area (TPSA) is 35.9 Å². The van der Waals surface area contributed by atoms with Gasteiger partial charge in [-0.15, -0.1) is 0 Å². The van der Waals surface area contributed by atoms with Crippen LogP contribution in [0.3, 0.4) is 0 Å². The molecule has 4 aromatic carbocycles. The molecule has 1 heterocycles. The van der Waals surface area contributed by atoms with Crippen LogP contribution in [-0.2, 0) is 0 Å². The van der Waals surface area contributed by atoms with Gasteiger partial charge < -0.3 is 5.73 Å². The molecule has 2 N–H and O–H groups in total. The SMILES string of the molecule is CC/C=C(\C=C(/N)c1ccccc1)c1ccc2c(c1)n(-c1ccccc1)n2-c1ccccc1. The summed E-state index contributed by atoms with van der Waals surface area (Å²) >= 11 is 0. The maximum atomic E-state index is 6.46. The van der Waals surface area contributed by atoms with Crippen molar-refractivity contribution >= 4 is 22.3 Å². The van der Waals surface area contributed by atoms with Crippen molar-refractivity contribution in [3.05, 3.63) is 132 Å². The van der Waals surface area contributed by atoms with Gasteiger partial charge in [-0.2, -0.15) is 0 Å². The lowest BCUT2D eigenvalue weighted by Crippen LogP contribution is -2.20. The van der Waals surface area contributed by atoms with E-state index in [9.17, 15) is 0 Å². The first-order chi connectivity index (χ1) is 16.3. The number of rotatable bonds is 6. The van der Waals surface area contributed by atoms with Gasteiger partial charge in [-0.05, 0) is 65.6 Å². The van der Waals surface area contributed by atoms with Crippen molar-refractivity contribution in [2.45, 2.75) is 13.3 Å². The molecule has 0 unspecified atom stereocenters. The van der Waals surface area contributed by atoms with Crippen molar-refractivity contribution in [1.82, 2.24) is 9.36 Å². The molecule has 0 aliphatic carbocycles. The number of hydrogen-bond acceptors (Lipinski definition) is 1. The summed E-state index contributed by atoms with van der Waals surface area (Å²) in [5, 5.41) is 0. The third kappa shape index (κ3) is 4.01. The molecule has 162 valence electrons. The van der Waals surface area contributed by atoms with Crippen LogP contribution in [0.4, 0.5) is 0 Å². The van der Waals surface area contributed by atoms with E-state index < -0.39 is 0 Å². The molecule has 0 amide bonds. The summed E-state index contributed by atoms with van der Waals surface area (Å²) in [6, 6.07) is 37.7. The lowest BCUT2D eigenvalue weighted by molar-refractivity contribution is 0.734. The second kappa shape index (κ2) is 9.09. The Bertz CT molecular complexity index is 1420. The summed E-state index contributed by atoms with van der Waals surface area (Å²) < 4.78 is 4.52. The van der Waals surface area contributed by atoms with Crippen molar-refractivity contribution in [3.63, 3.8) is 0 Å². The molecule has 1 aromatic heterocycles. The minimum Gasteiger partial charge on any atom is -0.398 e. The molecule has 0 aliphatic heterocycles. The number of fused-ring (bicyclic) bond motifs is 1. The fraction of sp³-hybridized carbons (Fsp3) is 0.0667. The Balaban J connectivity index is 1.64. The molecule has 0 saturated carbocycles. The molecule has 0 radical (unpaired) electrons. The Morgan fingerprint density at radius 1 is 0.667 bits per heavy atom. The Hall–Kier alpha value is -4.24. The number of nitrogens with two attached hydrogens (primary N) is 1. The maximum absolute atomic E-state index is 6.46. The number of hydrogen-bond donors (Lipinski definition) is 1. The summed E-state index contributed by atoms with van der Waals surface area (Å²) in [7, 11) is 0. The normalized spacial score (nSPS) is 12.4. The highest BCUT2D eigenvalue weighted by Crippen LogP contribution is 2.31. The van der Waals surface area contributed by atoms with E-state index in [1.807, 2.05) is 42.5 Å². The summed E-state index contributed by atoms with van der Waals surface area (Å²) in [6.07, 6.45) is 5.25. The molecule has 5 rings (SSSR count). The second-order valence-corrected chi connectivity index (χ2v) is 8.03. The molecule has 0 atom stereocenters. The fourth-order valence-electron chi connectivity index (χ4n) is 4.23. The summed E-state index contributed by atoms with van der Waals surface area (Å²) in [5.74, 6) is 0. The zero-order valence-electron chi connectivity index (χ0n) is 18.7. The van der Waals surface area contributed by atoms with E-state index in [0.717, 1.165) is 40.2 Å². The first kappa shape index (κ1) is 20.7. The Morgan fingerprint density at radius 2 is 1.21 bits per heavy atom. The minimum atomic E-state index is 0.767. The number of allylic oxidation sites excluding steroid dienone is 3. The van der Waals surface area contributed by atoms with Gasteiger partial charge in [0, 0.05) is 5.70 Å². The van der Waals surface area contributed by atoms with Gasteiger partial charge in [-0.25, -0.2) is 9.36 Å². The van der Waals surface area contributed by atoms with Gasteiger partial charge in [0.05, 0.1) is 22.4 Å². The van der Waals surface area contributed by atoms with E-state index in [0.29, 0.717) is 0 Å². The molecular formula is C30H27N3. The lowest BCUT2D eigenvalue weighted by Gasteiger charge is -2.27. The highest BCUT2D eigenvalue weighted by Gasteiger charge is 2.17. The summed E-state index contributed by atoms with van der Waals surface area (Å²) in [5.41, 5.74) is 15.2. The summed E-state index contributed by atoms with van der Waals surface area (Å²) in [6.45, 7) is 2.15. The zero-order valence-corrected chi connectivity index (χ0v) is 18.7. The van der Waals surface area contributed by atoms with Gasteiger partial charge >= 0.3 is 0 Å². The Labute approximate surface area is 194 Å². The Morgan fingerprint density at radius 3 is 1.79 bits per heavy atom. The van der Waals surface area contributed by atoms with E-state index in [1.54, 1.807) is 0 Å². The third-order valence-electron chi connectivity index (χ3n) is 5.81. The van der Waals surface area contributed by atoms with Gasteiger partial charge in [0.1, 0.15) is 0 Å². The molecular weight excluding hydrogens is 402 g/mol. The van der Waals surface area contributed by atoms with E-state index in [-0.39, 0.29) is 0 Å². The van der Waals surface area contributed by atoms with Crippen molar-refractivity contribution in [2.24, 2.45) is 5.73 Å². The second-order valence-electron chi connectivity index (χ2n) is 8.03. The van der Waals surface area contributed by atoms with E-state index in [4.69, 9.17) is 5.73 Å². The van der Waals surface area contributed by atoms with Crippen molar-refractivity contribution in [1.29, 1.82) is 0 Å². The van der Waals surface area contributed by atoms with Crippen LogP contribution in [0.2, 0.25) is 0 Å². The molecule has 3 heteroatoms. The largest absolute Gasteiger partial charge is 0.398 e. The Kier molecular flexibility index (Phi) is 5.69. The van der Waals surface area contributed by atoms with Crippen LogP contribution in [0.15, 0.2) is 121 Å².